The van der Waals surface area contributed by atoms with Gasteiger partial charge in [0.05, 0.1) is 19.8 Å². The Hall–Kier alpha value is -3.60. The van der Waals surface area contributed by atoms with Crippen molar-refractivity contribution in [3.8, 4) is 0 Å². The Labute approximate surface area is 463 Å². The molecule has 0 spiro atoms. The summed E-state index contributed by atoms with van der Waals surface area (Å²) in [6.07, 6.45) is 68.1. The molecule has 3 atom stereocenters. The molecule has 0 rings (SSSR count). The third-order valence-corrected chi connectivity index (χ3v) is 13.5. The summed E-state index contributed by atoms with van der Waals surface area (Å²) in [6.45, 7) is 4.34. The molecule has 0 aliphatic heterocycles. The Morgan fingerprint density at radius 2 is 0.697 bits per heavy atom. The summed E-state index contributed by atoms with van der Waals surface area (Å²) >= 11 is 0. The van der Waals surface area contributed by atoms with Crippen molar-refractivity contribution in [1.29, 1.82) is 0 Å². The number of unbranched alkanes of at least 4 members (excludes halogenated alkanes) is 22. The Kier molecular flexibility index (Phi) is 54.8. The molecule has 0 amide bonds. The molecule has 0 aromatic heterocycles. The van der Waals surface area contributed by atoms with Crippen LogP contribution in [0, 0.1) is 0 Å². The topological polar surface area (TPSA) is 155 Å². The van der Waals surface area contributed by atoms with Gasteiger partial charge in [0.25, 0.3) is 0 Å². The molecule has 0 aromatic rings. The zero-order valence-corrected chi connectivity index (χ0v) is 49.1. The first-order valence-corrected chi connectivity index (χ1v) is 31.6. The van der Waals surface area contributed by atoms with Gasteiger partial charge >= 0.3 is 25.7 Å². The summed E-state index contributed by atoms with van der Waals surface area (Å²) in [5, 5.41) is 9.81. The second-order valence-electron chi connectivity index (χ2n) is 19.8. The van der Waals surface area contributed by atoms with Crippen molar-refractivity contribution in [3.05, 3.63) is 97.2 Å². The number of carbonyl (C=O) groups is 3. The minimum absolute atomic E-state index is 0.0848. The Morgan fingerprint density at radius 1 is 0.382 bits per heavy atom. The van der Waals surface area contributed by atoms with Crippen molar-refractivity contribution in [3.63, 3.8) is 0 Å². The summed E-state index contributed by atoms with van der Waals surface area (Å²) < 4.78 is 39.5. The van der Waals surface area contributed by atoms with Crippen LogP contribution in [-0.4, -0.2) is 66.5 Å². The highest BCUT2D eigenvalue weighted by Crippen LogP contribution is 2.43. The number of carbonyl (C=O) groups excluding carboxylic acids is 3. The third-order valence-electron chi connectivity index (χ3n) is 12.5. The normalized spacial score (nSPS) is 14.0. The molecule has 0 heterocycles. The number of ether oxygens (including phenoxy) is 3. The van der Waals surface area contributed by atoms with Crippen molar-refractivity contribution < 1.29 is 52.2 Å². The van der Waals surface area contributed by atoms with E-state index >= 15 is 0 Å². The van der Waals surface area contributed by atoms with Gasteiger partial charge in [0.1, 0.15) is 12.7 Å². The Bertz CT molecular complexity index is 1640. The van der Waals surface area contributed by atoms with E-state index in [0.717, 1.165) is 89.9 Å². The van der Waals surface area contributed by atoms with Crippen LogP contribution in [0.1, 0.15) is 252 Å². The first-order valence-electron chi connectivity index (χ1n) is 30.1. The van der Waals surface area contributed by atoms with Crippen LogP contribution in [0.25, 0.3) is 0 Å². The molecule has 0 aliphatic carbocycles. The van der Waals surface area contributed by atoms with E-state index in [4.69, 9.17) is 23.3 Å². The quantitative estimate of drug-likeness (QED) is 0.0197. The highest BCUT2D eigenvalue weighted by molar-refractivity contribution is 7.47. The molecule has 0 aliphatic rings. The maximum atomic E-state index is 12.9. The van der Waals surface area contributed by atoms with E-state index in [1.165, 1.54) is 96.3 Å². The number of phosphoric acid groups is 1. The second-order valence-corrected chi connectivity index (χ2v) is 21.2. The van der Waals surface area contributed by atoms with Crippen LogP contribution in [-0.2, 0) is 42.2 Å². The van der Waals surface area contributed by atoms with Crippen LogP contribution >= 0.6 is 7.82 Å². The molecule has 436 valence electrons. The molecule has 11 nitrogen and oxygen atoms in total. The first kappa shape index (κ1) is 72.4. The van der Waals surface area contributed by atoms with Crippen molar-refractivity contribution in [1.82, 2.24) is 0 Å². The monoisotopic (exact) mass is 1080 g/mol. The van der Waals surface area contributed by atoms with E-state index in [9.17, 15) is 28.9 Å². The zero-order valence-electron chi connectivity index (χ0n) is 48.2. The third kappa shape index (κ3) is 55.2. The molecule has 0 aromatic carbocycles. The van der Waals surface area contributed by atoms with Gasteiger partial charge < -0.3 is 24.2 Å². The molecule has 0 bridgehead atoms. The maximum absolute atomic E-state index is 12.9. The highest BCUT2D eigenvalue weighted by Gasteiger charge is 2.28. The molecule has 2 N–H and O–H groups in total. The molecular formula is C64H109O11P. The molecule has 76 heavy (non-hydrogen) atoms. The molecular weight excluding hydrogens is 976 g/mol. The van der Waals surface area contributed by atoms with E-state index in [1.54, 1.807) is 0 Å². The van der Waals surface area contributed by atoms with Gasteiger partial charge in [-0.2, -0.15) is 0 Å². The van der Waals surface area contributed by atoms with Gasteiger partial charge in [-0.1, -0.05) is 240 Å². The fourth-order valence-corrected chi connectivity index (χ4v) is 8.78. The number of aliphatic hydroxyl groups is 1. The van der Waals surface area contributed by atoms with Gasteiger partial charge in [-0.3, -0.25) is 23.4 Å². The van der Waals surface area contributed by atoms with Crippen molar-refractivity contribution in [2.45, 2.75) is 264 Å². The highest BCUT2D eigenvalue weighted by atomic mass is 31.2. The summed E-state index contributed by atoms with van der Waals surface area (Å²) in [7, 11) is -4.78. The van der Waals surface area contributed by atoms with E-state index in [1.807, 2.05) is 12.2 Å². The van der Waals surface area contributed by atoms with Gasteiger partial charge in [-0.25, -0.2) is 4.57 Å². The number of aliphatic hydroxyl groups excluding tert-OH is 1. The lowest BCUT2D eigenvalue weighted by molar-refractivity contribution is -0.161. The van der Waals surface area contributed by atoms with Gasteiger partial charge in [0.2, 0.25) is 0 Å². The molecule has 0 radical (unpaired) electrons. The minimum atomic E-state index is -4.78. The maximum Gasteiger partial charge on any atom is 0.472 e. The van der Waals surface area contributed by atoms with Gasteiger partial charge in [-0.15, -0.1) is 0 Å². The van der Waals surface area contributed by atoms with Crippen LogP contribution in [0.15, 0.2) is 97.2 Å². The second kappa shape index (κ2) is 57.6. The predicted molar refractivity (Wildman–Crippen MR) is 316 cm³/mol. The Morgan fingerprint density at radius 3 is 1.11 bits per heavy atom. The summed E-state index contributed by atoms with van der Waals surface area (Å²) in [5.74, 6) is -1.56. The number of hydrogen-bond donors (Lipinski definition) is 2. The number of esters is 3. The lowest BCUT2D eigenvalue weighted by Gasteiger charge is -2.21. The fraction of sp³-hybridized carbons (Fsp3) is 0.703. The average Bonchev–Trinajstić information content (AvgIpc) is 3.41. The SMILES string of the molecule is CC/C=C\C/C=C\C/C=C\C/C=C\C/C=C\CCCC(=O)OC(COC(=O)CCCCCCCCCCCCCCCCCCCCC)COP(=O)(O)OCC(CO)OC(=O)CCCCC/C=C\C/C=C\C/C=C\CC. The lowest BCUT2D eigenvalue weighted by atomic mass is 10.0. The van der Waals surface area contributed by atoms with Gasteiger partial charge in [0, 0.05) is 19.3 Å². The van der Waals surface area contributed by atoms with E-state index in [-0.39, 0.29) is 25.9 Å². The number of allylic oxidation sites excluding steroid dienone is 16. The van der Waals surface area contributed by atoms with E-state index in [2.05, 4.69) is 106 Å². The average molecular weight is 1090 g/mol. The summed E-state index contributed by atoms with van der Waals surface area (Å²) in [6, 6.07) is 0. The molecule has 0 fully saturated rings. The zero-order chi connectivity index (χ0) is 55.5. The Balaban J connectivity index is 4.80. The minimum Gasteiger partial charge on any atom is -0.462 e. The smallest absolute Gasteiger partial charge is 0.462 e. The molecule has 0 saturated carbocycles. The van der Waals surface area contributed by atoms with E-state index < -0.39 is 57.8 Å². The van der Waals surface area contributed by atoms with Crippen LogP contribution in [0.3, 0.4) is 0 Å². The van der Waals surface area contributed by atoms with Gasteiger partial charge in [0.15, 0.2) is 6.10 Å². The number of phosphoric ester groups is 1. The largest absolute Gasteiger partial charge is 0.472 e. The van der Waals surface area contributed by atoms with Crippen LogP contribution in [0.2, 0.25) is 0 Å². The number of hydrogen-bond acceptors (Lipinski definition) is 10. The van der Waals surface area contributed by atoms with E-state index in [0.29, 0.717) is 25.7 Å². The number of rotatable bonds is 55. The van der Waals surface area contributed by atoms with Crippen LogP contribution in [0.5, 0.6) is 0 Å². The fourth-order valence-electron chi connectivity index (χ4n) is 8.00. The van der Waals surface area contributed by atoms with Crippen LogP contribution in [0.4, 0.5) is 0 Å². The lowest BCUT2D eigenvalue weighted by Crippen LogP contribution is -2.30. The van der Waals surface area contributed by atoms with Crippen LogP contribution < -0.4 is 0 Å². The van der Waals surface area contributed by atoms with Gasteiger partial charge in [-0.05, 0) is 89.9 Å². The molecule has 0 saturated heterocycles. The predicted octanol–water partition coefficient (Wildman–Crippen LogP) is 18.0. The standard InChI is InChI=1S/C64H109O11P/c1-4-7-10-13-16-19-22-25-27-29-30-32-33-36-38-41-44-47-50-53-62(66)71-57-61(75-64(68)55-52-49-46-43-40-37-34-31-28-26-23-20-17-14-11-8-5-2)59-73-76(69,70)72-58-60(56-65)74-63(67)54-51-48-45-42-39-35-24-21-18-15-12-9-6-3/h8-9,11-12,17-18,20-21,26,28,34-35,37,39,43,46,60-61,65H,4-7,10,13-16,19,22-25,27,29-33,36,38,40-42,44-45,47-59H2,1-3H3,(H,69,70)/b11-8-,12-9-,20-17-,21-18-,28-26-,37-34-,39-35-,46-43-. The summed E-state index contributed by atoms with van der Waals surface area (Å²) in [5.41, 5.74) is 0. The first-order chi connectivity index (χ1) is 37.2. The van der Waals surface area contributed by atoms with Crippen molar-refractivity contribution >= 4 is 25.7 Å². The van der Waals surface area contributed by atoms with Crippen molar-refractivity contribution in [2.24, 2.45) is 0 Å². The van der Waals surface area contributed by atoms with Crippen molar-refractivity contribution in [2.75, 3.05) is 26.4 Å². The summed E-state index contributed by atoms with van der Waals surface area (Å²) in [4.78, 5) is 48.6. The molecule has 12 heteroatoms. The molecule has 3 unspecified atom stereocenters.